The summed E-state index contributed by atoms with van der Waals surface area (Å²) in [5.41, 5.74) is 4.22. The molecule has 4 rings (SSSR count). The fourth-order valence-electron chi connectivity index (χ4n) is 3.21. The summed E-state index contributed by atoms with van der Waals surface area (Å²) in [5, 5.41) is 13.3. The maximum Gasteiger partial charge on any atom is 0.159 e. The SMILES string of the molecule is Cc1c([C@H]2OCC[C@@H]2Nc2ccnc3c2cnn3C)cnn1C. The Morgan fingerprint density at radius 2 is 2.04 bits per heavy atom. The molecule has 0 unspecified atom stereocenters. The van der Waals surface area contributed by atoms with Crippen LogP contribution >= 0.6 is 0 Å². The highest BCUT2D eigenvalue weighted by atomic mass is 16.5. The Balaban J connectivity index is 1.66. The van der Waals surface area contributed by atoms with Crippen molar-refractivity contribution in [2.24, 2.45) is 14.1 Å². The van der Waals surface area contributed by atoms with Gasteiger partial charge in [-0.25, -0.2) is 4.98 Å². The van der Waals surface area contributed by atoms with E-state index in [-0.39, 0.29) is 12.1 Å². The largest absolute Gasteiger partial charge is 0.379 e. The molecule has 0 bridgehead atoms. The van der Waals surface area contributed by atoms with Crippen LogP contribution in [0.4, 0.5) is 5.69 Å². The molecule has 3 aromatic heterocycles. The zero-order valence-corrected chi connectivity index (χ0v) is 13.5. The molecule has 1 aliphatic heterocycles. The van der Waals surface area contributed by atoms with Crippen molar-refractivity contribution in [1.29, 1.82) is 0 Å². The third-order valence-electron chi connectivity index (χ3n) is 4.65. The van der Waals surface area contributed by atoms with Gasteiger partial charge in [0.05, 0.1) is 23.8 Å². The molecule has 3 aromatic rings. The molecule has 0 aromatic carbocycles. The van der Waals surface area contributed by atoms with Crippen molar-refractivity contribution in [3.8, 4) is 0 Å². The van der Waals surface area contributed by atoms with E-state index in [0.29, 0.717) is 0 Å². The number of nitrogens with one attached hydrogen (secondary N) is 1. The second kappa shape index (κ2) is 5.34. The monoisotopic (exact) mass is 312 g/mol. The highest BCUT2D eigenvalue weighted by molar-refractivity contribution is 5.88. The van der Waals surface area contributed by atoms with Crippen molar-refractivity contribution in [2.45, 2.75) is 25.5 Å². The predicted molar refractivity (Wildman–Crippen MR) is 87.2 cm³/mol. The molecule has 0 aliphatic carbocycles. The molecule has 2 atom stereocenters. The first-order valence-corrected chi connectivity index (χ1v) is 7.78. The number of hydrogen-bond donors (Lipinski definition) is 1. The van der Waals surface area contributed by atoms with E-state index in [1.54, 1.807) is 4.68 Å². The molecule has 120 valence electrons. The van der Waals surface area contributed by atoms with Crippen LogP contribution in [0.25, 0.3) is 11.0 Å². The van der Waals surface area contributed by atoms with E-state index in [1.165, 1.54) is 0 Å². The predicted octanol–water partition coefficient (Wildman–Crippen LogP) is 1.95. The summed E-state index contributed by atoms with van der Waals surface area (Å²) in [5.74, 6) is 0. The second-order valence-electron chi connectivity index (χ2n) is 6.00. The summed E-state index contributed by atoms with van der Waals surface area (Å²) >= 11 is 0. The molecule has 0 amide bonds. The van der Waals surface area contributed by atoms with Gasteiger partial charge in [0, 0.05) is 43.8 Å². The number of aromatic nitrogens is 5. The molecular weight excluding hydrogens is 292 g/mol. The molecule has 1 aliphatic rings. The second-order valence-corrected chi connectivity index (χ2v) is 6.00. The molecule has 1 N–H and O–H groups in total. The minimum atomic E-state index is 0.0172. The first-order chi connectivity index (χ1) is 11.1. The van der Waals surface area contributed by atoms with Gasteiger partial charge in [0.25, 0.3) is 0 Å². The zero-order chi connectivity index (χ0) is 16.0. The van der Waals surface area contributed by atoms with Crippen molar-refractivity contribution in [3.05, 3.63) is 35.9 Å². The number of hydrogen-bond acceptors (Lipinski definition) is 5. The van der Waals surface area contributed by atoms with E-state index in [2.05, 4.69) is 27.4 Å². The summed E-state index contributed by atoms with van der Waals surface area (Å²) in [6, 6.07) is 2.21. The highest BCUT2D eigenvalue weighted by Crippen LogP contribution is 2.34. The molecule has 0 radical (unpaired) electrons. The summed E-state index contributed by atoms with van der Waals surface area (Å²) in [4.78, 5) is 4.39. The van der Waals surface area contributed by atoms with Crippen LogP contribution in [-0.4, -0.2) is 37.2 Å². The lowest BCUT2D eigenvalue weighted by molar-refractivity contribution is 0.107. The van der Waals surface area contributed by atoms with Gasteiger partial charge in [-0.15, -0.1) is 0 Å². The summed E-state index contributed by atoms with van der Waals surface area (Å²) in [7, 11) is 3.86. The molecule has 0 saturated carbocycles. The Labute approximate surface area is 134 Å². The van der Waals surface area contributed by atoms with Gasteiger partial charge in [-0.3, -0.25) is 9.36 Å². The van der Waals surface area contributed by atoms with Gasteiger partial charge < -0.3 is 10.1 Å². The van der Waals surface area contributed by atoms with E-state index < -0.39 is 0 Å². The standard InChI is InChI=1S/C16H20N6O/c1-10-11(8-18-21(10)2)15-14(5-7-23-15)20-13-4-6-17-16-12(13)9-19-22(16)3/h4,6,8-9,14-15H,5,7H2,1-3H3,(H,17,20)/t14-,15+/m0/s1. The Hall–Kier alpha value is -2.41. The number of ether oxygens (including phenoxy) is 1. The molecule has 7 heteroatoms. The van der Waals surface area contributed by atoms with E-state index >= 15 is 0 Å². The molecule has 4 heterocycles. The zero-order valence-electron chi connectivity index (χ0n) is 13.5. The minimum absolute atomic E-state index is 0.0172. The van der Waals surface area contributed by atoms with Crippen LogP contribution in [0.3, 0.4) is 0 Å². The third kappa shape index (κ3) is 2.28. The maximum absolute atomic E-state index is 5.98. The van der Waals surface area contributed by atoms with Gasteiger partial charge in [-0.1, -0.05) is 0 Å². The first-order valence-electron chi connectivity index (χ1n) is 7.78. The van der Waals surface area contributed by atoms with Crippen LogP contribution in [0.15, 0.2) is 24.7 Å². The van der Waals surface area contributed by atoms with Crippen molar-refractivity contribution >= 4 is 16.7 Å². The van der Waals surface area contributed by atoms with Crippen LogP contribution in [0.5, 0.6) is 0 Å². The van der Waals surface area contributed by atoms with Crippen molar-refractivity contribution in [2.75, 3.05) is 11.9 Å². The lowest BCUT2D eigenvalue weighted by atomic mass is 10.0. The third-order valence-corrected chi connectivity index (χ3v) is 4.65. The Kier molecular flexibility index (Phi) is 3.30. The number of pyridine rings is 1. The van der Waals surface area contributed by atoms with E-state index in [9.17, 15) is 0 Å². The lowest BCUT2D eigenvalue weighted by Gasteiger charge is -2.21. The molecule has 7 nitrogen and oxygen atoms in total. The van der Waals surface area contributed by atoms with Gasteiger partial charge in [0.2, 0.25) is 0 Å². The van der Waals surface area contributed by atoms with Crippen LogP contribution in [0.1, 0.15) is 23.8 Å². The van der Waals surface area contributed by atoms with Crippen LogP contribution in [0.2, 0.25) is 0 Å². The summed E-state index contributed by atoms with van der Waals surface area (Å²) in [6.45, 7) is 2.82. The highest BCUT2D eigenvalue weighted by Gasteiger charge is 2.32. The normalized spacial score (nSPS) is 21.2. The van der Waals surface area contributed by atoms with E-state index in [4.69, 9.17) is 4.74 Å². The van der Waals surface area contributed by atoms with Crippen molar-refractivity contribution in [1.82, 2.24) is 24.5 Å². The average Bonchev–Trinajstić information content (AvgIpc) is 3.23. The van der Waals surface area contributed by atoms with Crippen LogP contribution in [-0.2, 0) is 18.8 Å². The topological polar surface area (TPSA) is 69.8 Å². The van der Waals surface area contributed by atoms with Gasteiger partial charge in [0.1, 0.15) is 6.10 Å². The summed E-state index contributed by atoms with van der Waals surface area (Å²) < 4.78 is 9.66. The Morgan fingerprint density at radius 3 is 2.83 bits per heavy atom. The van der Waals surface area contributed by atoms with Crippen LogP contribution < -0.4 is 5.32 Å². The number of rotatable bonds is 3. The van der Waals surface area contributed by atoms with Gasteiger partial charge >= 0.3 is 0 Å². The molecule has 23 heavy (non-hydrogen) atoms. The number of nitrogens with zero attached hydrogens (tertiary/aromatic N) is 5. The molecule has 0 spiro atoms. The number of fused-ring (bicyclic) bond motifs is 1. The van der Waals surface area contributed by atoms with Crippen molar-refractivity contribution < 1.29 is 4.74 Å². The Bertz CT molecular complexity index is 851. The van der Waals surface area contributed by atoms with Gasteiger partial charge in [-0.05, 0) is 19.4 Å². The fraction of sp³-hybridized carbons (Fsp3) is 0.438. The smallest absolute Gasteiger partial charge is 0.159 e. The van der Waals surface area contributed by atoms with E-state index in [0.717, 1.165) is 41.0 Å². The van der Waals surface area contributed by atoms with Gasteiger partial charge in [0.15, 0.2) is 5.65 Å². The molecule has 1 saturated heterocycles. The molecule has 1 fully saturated rings. The van der Waals surface area contributed by atoms with Crippen molar-refractivity contribution in [3.63, 3.8) is 0 Å². The van der Waals surface area contributed by atoms with Crippen LogP contribution in [0, 0.1) is 6.92 Å². The fourth-order valence-corrected chi connectivity index (χ4v) is 3.21. The van der Waals surface area contributed by atoms with E-state index in [1.807, 2.05) is 43.4 Å². The quantitative estimate of drug-likeness (QED) is 0.800. The maximum atomic E-state index is 5.98. The average molecular weight is 312 g/mol. The lowest BCUT2D eigenvalue weighted by Crippen LogP contribution is -2.23. The minimum Gasteiger partial charge on any atom is -0.379 e. The summed E-state index contributed by atoms with van der Waals surface area (Å²) in [6.07, 6.45) is 6.55. The first kappa shape index (κ1) is 14.2. The Morgan fingerprint density at radius 1 is 1.22 bits per heavy atom. The van der Waals surface area contributed by atoms with Gasteiger partial charge in [-0.2, -0.15) is 10.2 Å². The number of anilines is 1. The molecular formula is C16H20N6O. The number of aryl methyl sites for hydroxylation is 2.